The summed E-state index contributed by atoms with van der Waals surface area (Å²) in [5.41, 5.74) is -0.578. The molecule has 1 aliphatic carbocycles. The molecule has 2 N–H and O–H groups in total. The summed E-state index contributed by atoms with van der Waals surface area (Å²) in [6, 6.07) is 0.445. The summed E-state index contributed by atoms with van der Waals surface area (Å²) in [4.78, 5) is 2.19. The van der Waals surface area contributed by atoms with Gasteiger partial charge in [0, 0.05) is 30.9 Å². The average molecular weight is 347 g/mol. The molecule has 2 heterocycles. The van der Waals surface area contributed by atoms with Crippen molar-refractivity contribution in [2.24, 2.45) is 5.92 Å². The molecule has 3 rings (SSSR count). The minimum Gasteiger partial charge on any atom is -0.403 e. The molecule has 1 fully saturated rings. The third kappa shape index (κ3) is 3.91. The van der Waals surface area contributed by atoms with Gasteiger partial charge in [-0.25, -0.2) is 0 Å². The summed E-state index contributed by atoms with van der Waals surface area (Å²) >= 11 is 0. The number of fused-ring (bicyclic) bond motifs is 1. The molecule has 3 aliphatic rings. The van der Waals surface area contributed by atoms with Gasteiger partial charge >= 0.3 is 7.12 Å². The Bertz CT molecular complexity index is 529. The molecule has 0 aromatic rings. The molecule has 1 unspecified atom stereocenters. The lowest BCUT2D eigenvalue weighted by Crippen LogP contribution is -2.49. The van der Waals surface area contributed by atoms with E-state index < -0.39 is 0 Å². The Balaban J connectivity index is 1.78. The summed E-state index contributed by atoms with van der Waals surface area (Å²) in [6.45, 7) is 10.4. The van der Waals surface area contributed by atoms with Crippen LogP contribution in [0, 0.1) is 5.92 Å². The second-order valence-electron chi connectivity index (χ2n) is 8.85. The smallest absolute Gasteiger partial charge is 0.403 e. The molecule has 0 aromatic carbocycles. The van der Waals surface area contributed by atoms with Crippen molar-refractivity contribution in [2.75, 3.05) is 27.2 Å². The van der Waals surface area contributed by atoms with E-state index in [2.05, 4.69) is 75.6 Å². The molecule has 0 saturated carbocycles. The molecule has 0 bridgehead atoms. The summed E-state index contributed by atoms with van der Waals surface area (Å²) < 4.78 is 12.8. The minimum absolute atomic E-state index is 0.201. The zero-order chi connectivity index (χ0) is 18.2. The number of hydrogen-bond acceptors (Lipinski definition) is 5. The summed E-state index contributed by atoms with van der Waals surface area (Å²) in [5, 5.41) is 7.25. The van der Waals surface area contributed by atoms with Crippen molar-refractivity contribution >= 4 is 7.12 Å². The molecule has 140 valence electrons. The van der Waals surface area contributed by atoms with Crippen molar-refractivity contribution < 1.29 is 9.31 Å². The van der Waals surface area contributed by atoms with E-state index in [1.165, 1.54) is 0 Å². The quantitative estimate of drug-likeness (QED) is 0.591. The van der Waals surface area contributed by atoms with E-state index in [-0.39, 0.29) is 24.1 Å². The first kappa shape index (κ1) is 18.8. The zero-order valence-corrected chi connectivity index (χ0v) is 16.6. The molecule has 6 heteroatoms. The van der Waals surface area contributed by atoms with E-state index in [0.717, 1.165) is 31.8 Å². The molecular formula is C19H34BN3O2. The summed E-state index contributed by atoms with van der Waals surface area (Å²) in [5.74, 6) is 1.77. The Labute approximate surface area is 153 Å². The van der Waals surface area contributed by atoms with Gasteiger partial charge in [-0.3, -0.25) is 0 Å². The van der Waals surface area contributed by atoms with Gasteiger partial charge in [-0.1, -0.05) is 12.2 Å². The Hall–Kier alpha value is -0.975. The van der Waals surface area contributed by atoms with Gasteiger partial charge in [-0.05, 0) is 60.7 Å². The van der Waals surface area contributed by atoms with Gasteiger partial charge < -0.3 is 24.8 Å². The average Bonchev–Trinajstić information content (AvgIpc) is 2.74. The van der Waals surface area contributed by atoms with Crippen LogP contribution < -0.4 is 10.6 Å². The molecular weight excluding hydrogens is 313 g/mol. The van der Waals surface area contributed by atoms with Crippen molar-refractivity contribution in [3.8, 4) is 0 Å². The van der Waals surface area contributed by atoms with E-state index in [4.69, 9.17) is 9.31 Å². The lowest BCUT2D eigenvalue weighted by atomic mass is 9.60. The highest BCUT2D eigenvalue weighted by Crippen LogP contribution is 2.45. The molecule has 2 aliphatic heterocycles. The van der Waals surface area contributed by atoms with Crippen LogP contribution in [-0.2, 0) is 9.31 Å². The predicted molar refractivity (Wildman–Crippen MR) is 103 cm³/mol. The highest BCUT2D eigenvalue weighted by atomic mass is 16.7. The van der Waals surface area contributed by atoms with E-state index in [1.54, 1.807) is 0 Å². The first-order valence-electron chi connectivity index (χ1n) is 9.59. The van der Waals surface area contributed by atoms with Crippen molar-refractivity contribution in [1.29, 1.82) is 0 Å². The van der Waals surface area contributed by atoms with Gasteiger partial charge in [0.2, 0.25) is 0 Å². The first-order valence-corrected chi connectivity index (χ1v) is 9.59. The molecule has 0 spiro atoms. The summed E-state index contributed by atoms with van der Waals surface area (Å²) in [7, 11) is 3.99. The molecule has 0 amide bonds. The van der Waals surface area contributed by atoms with E-state index in [9.17, 15) is 0 Å². The highest BCUT2D eigenvalue weighted by molar-refractivity contribution is 6.48. The largest absolute Gasteiger partial charge is 0.466 e. The van der Waals surface area contributed by atoms with E-state index >= 15 is 0 Å². The Morgan fingerprint density at radius 2 is 1.92 bits per heavy atom. The van der Waals surface area contributed by atoms with Gasteiger partial charge in [0.25, 0.3) is 0 Å². The first-order chi connectivity index (χ1) is 11.7. The fraction of sp³-hybridized carbons (Fsp3) is 0.789. The predicted octanol–water partition coefficient (Wildman–Crippen LogP) is 2.38. The topological polar surface area (TPSA) is 45.8 Å². The SMILES string of the molecule is CN(C)CCNC1=C[C@H](B2OC(C)(C)C(C)(C)O2)C2C=CCC[C@@H]2N1. The van der Waals surface area contributed by atoms with Crippen molar-refractivity contribution in [1.82, 2.24) is 15.5 Å². The second-order valence-corrected chi connectivity index (χ2v) is 8.85. The number of likely N-dealkylation sites (N-methyl/N-ethyl adjacent to an activating group) is 1. The van der Waals surface area contributed by atoms with Crippen LogP contribution in [0.1, 0.15) is 40.5 Å². The lowest BCUT2D eigenvalue weighted by molar-refractivity contribution is 0.00578. The van der Waals surface area contributed by atoms with Crippen molar-refractivity contribution in [3.05, 3.63) is 24.0 Å². The van der Waals surface area contributed by atoms with Crippen LogP contribution in [0.4, 0.5) is 0 Å². The second kappa shape index (κ2) is 6.97. The maximum absolute atomic E-state index is 6.38. The molecule has 0 aromatic heterocycles. The van der Waals surface area contributed by atoms with Crippen LogP contribution in [0.2, 0.25) is 5.82 Å². The summed E-state index contributed by atoms with van der Waals surface area (Å²) in [6.07, 6.45) is 9.23. The normalized spacial score (nSPS) is 33.0. The van der Waals surface area contributed by atoms with Crippen LogP contribution in [0.25, 0.3) is 0 Å². The van der Waals surface area contributed by atoms with Crippen LogP contribution in [-0.4, -0.2) is 56.4 Å². The highest BCUT2D eigenvalue weighted by Gasteiger charge is 2.55. The van der Waals surface area contributed by atoms with Gasteiger partial charge in [-0.15, -0.1) is 0 Å². The molecule has 1 saturated heterocycles. The van der Waals surface area contributed by atoms with Gasteiger partial charge in [0.15, 0.2) is 0 Å². The molecule has 25 heavy (non-hydrogen) atoms. The van der Waals surface area contributed by atoms with E-state index in [1.807, 2.05) is 0 Å². The maximum Gasteiger partial charge on any atom is 0.466 e. The Kier molecular flexibility index (Phi) is 5.24. The zero-order valence-electron chi connectivity index (χ0n) is 16.6. The molecule has 5 nitrogen and oxygen atoms in total. The van der Waals surface area contributed by atoms with Crippen LogP contribution in [0.5, 0.6) is 0 Å². The fourth-order valence-corrected chi connectivity index (χ4v) is 3.80. The monoisotopic (exact) mass is 347 g/mol. The third-order valence-corrected chi connectivity index (χ3v) is 6.07. The number of allylic oxidation sites excluding steroid dienone is 2. The Morgan fingerprint density at radius 1 is 1.24 bits per heavy atom. The number of nitrogens with one attached hydrogen (secondary N) is 2. The number of hydrogen-bond donors (Lipinski definition) is 2. The number of rotatable bonds is 5. The molecule has 0 radical (unpaired) electrons. The Morgan fingerprint density at radius 3 is 2.56 bits per heavy atom. The maximum atomic E-state index is 6.38. The van der Waals surface area contributed by atoms with Gasteiger partial charge in [-0.2, -0.15) is 0 Å². The molecule has 3 atom stereocenters. The van der Waals surface area contributed by atoms with E-state index in [0.29, 0.717) is 12.0 Å². The minimum atomic E-state index is -0.289. The van der Waals surface area contributed by atoms with Crippen LogP contribution in [0.3, 0.4) is 0 Å². The van der Waals surface area contributed by atoms with Crippen LogP contribution >= 0.6 is 0 Å². The van der Waals surface area contributed by atoms with Crippen molar-refractivity contribution in [3.63, 3.8) is 0 Å². The van der Waals surface area contributed by atoms with Gasteiger partial charge in [0.05, 0.1) is 17.0 Å². The lowest BCUT2D eigenvalue weighted by Gasteiger charge is -2.39. The third-order valence-electron chi connectivity index (χ3n) is 6.07. The standard InChI is InChI=1S/C19H34BN3O2/c1-18(2)19(3,4)25-20(24-18)15-13-17(21-11-12-23(5)6)22-16-10-8-7-9-14(15)16/h7,9,13-16,21-22H,8,10-12H2,1-6H3/t14?,15-,16-/m0/s1. The van der Waals surface area contributed by atoms with Gasteiger partial charge in [0.1, 0.15) is 0 Å². The van der Waals surface area contributed by atoms with Crippen LogP contribution in [0.15, 0.2) is 24.0 Å². The number of nitrogens with zero attached hydrogens (tertiary/aromatic N) is 1. The fourth-order valence-electron chi connectivity index (χ4n) is 3.80. The van der Waals surface area contributed by atoms with Crippen molar-refractivity contribution in [2.45, 2.75) is 63.6 Å².